The van der Waals surface area contributed by atoms with E-state index >= 15 is 0 Å². The molecular weight excluding hydrogens is 479 g/mol. The number of aromatic nitrogens is 3. The van der Waals surface area contributed by atoms with E-state index in [-0.39, 0.29) is 0 Å². The average Bonchev–Trinajstić information content (AvgIpc) is 2.98. The Labute approximate surface area is 178 Å². The van der Waals surface area contributed by atoms with Crippen molar-refractivity contribution in [3.8, 4) is 0 Å². The molecular formula is C17H12BrCl3N4S. The van der Waals surface area contributed by atoms with Crippen molar-refractivity contribution in [2.45, 2.75) is 17.8 Å². The summed E-state index contributed by atoms with van der Waals surface area (Å²) in [5.74, 6) is 1.41. The molecule has 0 aliphatic rings. The molecule has 0 fully saturated rings. The highest BCUT2D eigenvalue weighted by Gasteiger charge is 2.11. The Morgan fingerprint density at radius 2 is 1.77 bits per heavy atom. The molecule has 1 aromatic heterocycles. The highest BCUT2D eigenvalue weighted by atomic mass is 79.9. The maximum absolute atomic E-state index is 6.22. The zero-order valence-electron chi connectivity index (χ0n) is 13.5. The van der Waals surface area contributed by atoms with Gasteiger partial charge in [0.05, 0.1) is 21.3 Å². The summed E-state index contributed by atoms with van der Waals surface area (Å²) in [6, 6.07) is 11.5. The van der Waals surface area contributed by atoms with Gasteiger partial charge in [-0.1, -0.05) is 74.6 Å². The fourth-order valence-electron chi connectivity index (χ4n) is 2.07. The second-order valence-electron chi connectivity index (χ2n) is 5.26. The van der Waals surface area contributed by atoms with Crippen LogP contribution in [0.4, 0.5) is 0 Å². The molecule has 0 N–H and O–H groups in total. The van der Waals surface area contributed by atoms with Crippen molar-refractivity contribution in [2.75, 3.05) is 0 Å². The molecule has 2 aromatic carbocycles. The molecule has 0 amide bonds. The van der Waals surface area contributed by atoms with E-state index in [0.29, 0.717) is 31.6 Å². The molecule has 0 bridgehead atoms. The fraction of sp³-hybridized carbons (Fsp3) is 0.118. The Bertz CT molecular complexity index is 957. The van der Waals surface area contributed by atoms with Crippen molar-refractivity contribution in [3.05, 3.63) is 72.9 Å². The van der Waals surface area contributed by atoms with E-state index in [0.717, 1.165) is 10.2 Å². The van der Waals surface area contributed by atoms with Crippen LogP contribution < -0.4 is 0 Å². The van der Waals surface area contributed by atoms with E-state index in [1.54, 1.807) is 34.8 Å². The lowest BCUT2D eigenvalue weighted by Crippen LogP contribution is -1.97. The summed E-state index contributed by atoms with van der Waals surface area (Å²) in [7, 11) is 0. The van der Waals surface area contributed by atoms with Crippen LogP contribution in [0.25, 0.3) is 0 Å². The molecule has 0 saturated heterocycles. The van der Waals surface area contributed by atoms with Gasteiger partial charge in [0.1, 0.15) is 0 Å². The molecule has 0 aliphatic carbocycles. The monoisotopic (exact) mass is 488 g/mol. The third-order valence-corrected chi connectivity index (χ3v) is 6.10. The normalized spacial score (nSPS) is 11.4. The van der Waals surface area contributed by atoms with Gasteiger partial charge in [-0.25, -0.2) is 0 Å². The largest absolute Gasteiger partial charge is 0.212 e. The van der Waals surface area contributed by atoms with Gasteiger partial charge in [-0.2, -0.15) is 9.78 Å². The Morgan fingerprint density at radius 1 is 1.08 bits per heavy atom. The minimum Gasteiger partial charge on any atom is -0.192 e. The van der Waals surface area contributed by atoms with Crippen LogP contribution in [0.3, 0.4) is 0 Å². The Balaban J connectivity index is 1.82. The number of hydrogen-bond donors (Lipinski definition) is 0. The highest BCUT2D eigenvalue weighted by molar-refractivity contribution is 9.10. The van der Waals surface area contributed by atoms with E-state index in [4.69, 9.17) is 34.8 Å². The van der Waals surface area contributed by atoms with Crippen LogP contribution in [-0.2, 0) is 5.75 Å². The lowest BCUT2D eigenvalue weighted by atomic mass is 10.2. The Morgan fingerprint density at radius 3 is 2.50 bits per heavy atom. The SMILES string of the molecule is Cc1nnc(SCc2ccc(Br)cc2)n1/N=C/c1c(Cl)ccc(Cl)c1Cl. The quantitative estimate of drug-likeness (QED) is 0.233. The van der Waals surface area contributed by atoms with Crippen LogP contribution in [0.2, 0.25) is 15.1 Å². The number of nitrogens with zero attached hydrogens (tertiary/aromatic N) is 4. The van der Waals surface area contributed by atoms with E-state index in [1.807, 2.05) is 19.1 Å². The van der Waals surface area contributed by atoms with E-state index in [1.165, 1.54) is 5.56 Å². The van der Waals surface area contributed by atoms with Gasteiger partial charge in [-0.05, 0) is 36.8 Å². The molecule has 26 heavy (non-hydrogen) atoms. The van der Waals surface area contributed by atoms with Crippen LogP contribution in [-0.4, -0.2) is 21.1 Å². The topological polar surface area (TPSA) is 43.1 Å². The van der Waals surface area contributed by atoms with Crippen LogP contribution >= 0.6 is 62.5 Å². The van der Waals surface area contributed by atoms with Crippen molar-refractivity contribution in [1.82, 2.24) is 14.9 Å². The number of rotatable bonds is 5. The summed E-state index contributed by atoms with van der Waals surface area (Å²) >= 11 is 23.4. The molecule has 3 aromatic rings. The summed E-state index contributed by atoms with van der Waals surface area (Å²) in [5, 5.41) is 14.6. The molecule has 3 rings (SSSR count). The first kappa shape index (κ1) is 19.7. The molecule has 0 radical (unpaired) electrons. The van der Waals surface area contributed by atoms with Gasteiger partial charge in [0, 0.05) is 15.8 Å². The molecule has 0 saturated carbocycles. The fourth-order valence-corrected chi connectivity index (χ4v) is 3.85. The lowest BCUT2D eigenvalue weighted by molar-refractivity contribution is 0.744. The maximum atomic E-state index is 6.22. The lowest BCUT2D eigenvalue weighted by Gasteiger charge is -2.05. The van der Waals surface area contributed by atoms with Crippen molar-refractivity contribution in [3.63, 3.8) is 0 Å². The van der Waals surface area contributed by atoms with Gasteiger partial charge in [-0.3, -0.25) is 0 Å². The third kappa shape index (κ3) is 4.61. The van der Waals surface area contributed by atoms with Gasteiger partial charge in [-0.15, -0.1) is 10.2 Å². The van der Waals surface area contributed by atoms with Crippen LogP contribution in [0.15, 0.2) is 51.1 Å². The maximum Gasteiger partial charge on any atom is 0.212 e. The molecule has 4 nitrogen and oxygen atoms in total. The average molecular weight is 491 g/mol. The number of thioether (sulfide) groups is 1. The summed E-state index contributed by atoms with van der Waals surface area (Å²) in [4.78, 5) is 0. The smallest absolute Gasteiger partial charge is 0.192 e. The van der Waals surface area contributed by atoms with Gasteiger partial charge in [0.2, 0.25) is 5.16 Å². The highest BCUT2D eigenvalue weighted by Crippen LogP contribution is 2.30. The number of benzene rings is 2. The second kappa shape index (κ2) is 8.76. The predicted octanol–water partition coefficient (Wildman–Crippen LogP) is 6.48. The zero-order valence-corrected chi connectivity index (χ0v) is 18.1. The van der Waals surface area contributed by atoms with Crippen LogP contribution in [0.5, 0.6) is 0 Å². The van der Waals surface area contributed by atoms with Crippen LogP contribution in [0.1, 0.15) is 17.0 Å². The Hall–Kier alpha value is -1.05. The van der Waals surface area contributed by atoms with E-state index < -0.39 is 0 Å². The minimum absolute atomic E-state index is 0.359. The first-order chi connectivity index (χ1) is 12.5. The zero-order chi connectivity index (χ0) is 18.7. The van der Waals surface area contributed by atoms with Gasteiger partial charge >= 0.3 is 0 Å². The van der Waals surface area contributed by atoms with Gasteiger partial charge in [0.25, 0.3) is 0 Å². The second-order valence-corrected chi connectivity index (χ2v) is 8.31. The van der Waals surface area contributed by atoms with E-state index in [2.05, 4.69) is 43.4 Å². The number of hydrogen-bond acceptors (Lipinski definition) is 4. The summed E-state index contributed by atoms with van der Waals surface area (Å²) in [5.41, 5.74) is 1.73. The molecule has 0 atom stereocenters. The standard InChI is InChI=1S/C17H12BrCl3N4S/c1-10-23-24-17(26-9-11-2-4-12(18)5-3-11)25(10)22-8-13-14(19)6-7-15(20)16(13)21/h2-8H,9H2,1H3/b22-8+. The van der Waals surface area contributed by atoms with Gasteiger partial charge in [0.15, 0.2) is 5.82 Å². The molecule has 134 valence electrons. The van der Waals surface area contributed by atoms with Crippen molar-refractivity contribution >= 4 is 68.7 Å². The van der Waals surface area contributed by atoms with Crippen molar-refractivity contribution in [1.29, 1.82) is 0 Å². The van der Waals surface area contributed by atoms with Crippen LogP contribution in [0, 0.1) is 6.92 Å². The summed E-state index contributed by atoms with van der Waals surface area (Å²) in [6.45, 7) is 1.83. The molecule has 0 aliphatic heterocycles. The van der Waals surface area contributed by atoms with Crippen molar-refractivity contribution in [2.24, 2.45) is 5.10 Å². The molecule has 0 spiro atoms. The predicted molar refractivity (Wildman–Crippen MR) is 113 cm³/mol. The molecule has 0 unspecified atom stereocenters. The van der Waals surface area contributed by atoms with Gasteiger partial charge < -0.3 is 0 Å². The third-order valence-electron chi connectivity index (χ3n) is 3.43. The minimum atomic E-state index is 0.359. The Kier molecular flexibility index (Phi) is 6.64. The summed E-state index contributed by atoms with van der Waals surface area (Å²) in [6.07, 6.45) is 1.57. The number of halogens is 4. The first-order valence-electron chi connectivity index (χ1n) is 7.43. The van der Waals surface area contributed by atoms with E-state index in [9.17, 15) is 0 Å². The number of aryl methyl sites for hydroxylation is 1. The molecule has 9 heteroatoms. The van der Waals surface area contributed by atoms with Crippen molar-refractivity contribution < 1.29 is 0 Å². The first-order valence-corrected chi connectivity index (χ1v) is 10.3. The summed E-state index contributed by atoms with van der Waals surface area (Å²) < 4.78 is 2.70. The molecule has 1 heterocycles.